The van der Waals surface area contributed by atoms with Crippen molar-refractivity contribution in [2.24, 2.45) is 0 Å². The van der Waals surface area contributed by atoms with E-state index in [9.17, 15) is 18.0 Å². The molecule has 4 aromatic rings. The van der Waals surface area contributed by atoms with E-state index in [2.05, 4.69) is 15.2 Å². The molecule has 2 aromatic heterocycles. The molecule has 0 spiro atoms. The van der Waals surface area contributed by atoms with Crippen molar-refractivity contribution in [3.63, 3.8) is 0 Å². The number of hydrogen-bond donors (Lipinski definition) is 1. The Morgan fingerprint density at radius 2 is 1.87 bits per heavy atom. The van der Waals surface area contributed by atoms with Crippen molar-refractivity contribution in [1.82, 2.24) is 19.8 Å². The van der Waals surface area contributed by atoms with Gasteiger partial charge in [-0.25, -0.2) is 9.78 Å². The van der Waals surface area contributed by atoms with Gasteiger partial charge in [0.2, 0.25) is 0 Å². The number of carbonyl (C=O) groups is 1. The van der Waals surface area contributed by atoms with Crippen LogP contribution < -0.4 is 5.32 Å². The van der Waals surface area contributed by atoms with E-state index in [1.165, 1.54) is 12.1 Å². The maximum atomic E-state index is 13.3. The van der Waals surface area contributed by atoms with Gasteiger partial charge in [-0.15, -0.1) is 0 Å². The first kappa shape index (κ1) is 26.3. The largest absolute Gasteiger partial charge is 0.416 e. The molecule has 0 radical (unpaired) electrons. The molecular formula is C28H23Cl2F3N4O. The molecule has 0 unspecified atom stereocenters. The van der Waals surface area contributed by atoms with Crippen LogP contribution in [0.2, 0.25) is 10.2 Å². The van der Waals surface area contributed by atoms with Gasteiger partial charge in [0.15, 0.2) is 0 Å². The fourth-order valence-corrected chi connectivity index (χ4v) is 5.07. The number of rotatable bonds is 5. The second-order valence-electron chi connectivity index (χ2n) is 9.07. The van der Waals surface area contributed by atoms with Crippen LogP contribution in [0.1, 0.15) is 27.9 Å². The summed E-state index contributed by atoms with van der Waals surface area (Å²) in [5, 5.41) is 4.84. The first-order chi connectivity index (χ1) is 18.2. The van der Waals surface area contributed by atoms with Crippen molar-refractivity contribution in [2.75, 3.05) is 13.1 Å². The van der Waals surface area contributed by atoms with Gasteiger partial charge < -0.3 is 5.32 Å². The lowest BCUT2D eigenvalue weighted by Gasteiger charge is -2.27. The van der Waals surface area contributed by atoms with Crippen LogP contribution in [-0.2, 0) is 25.7 Å². The number of aromatic nitrogens is 2. The average molecular weight is 559 g/mol. The summed E-state index contributed by atoms with van der Waals surface area (Å²) >= 11 is 12.3. The Kier molecular flexibility index (Phi) is 7.47. The van der Waals surface area contributed by atoms with Crippen LogP contribution in [0, 0.1) is 0 Å². The van der Waals surface area contributed by atoms with Crippen molar-refractivity contribution >= 4 is 46.2 Å². The lowest BCUT2D eigenvalue weighted by Crippen LogP contribution is -2.34. The van der Waals surface area contributed by atoms with Crippen molar-refractivity contribution in [3.05, 3.63) is 105 Å². The fraction of sp³-hybridized carbons (Fsp3) is 0.214. The summed E-state index contributed by atoms with van der Waals surface area (Å²) in [6.45, 7) is 2.26. The Labute approximate surface area is 227 Å². The van der Waals surface area contributed by atoms with Crippen molar-refractivity contribution in [1.29, 1.82) is 0 Å². The zero-order chi connectivity index (χ0) is 26.9. The van der Waals surface area contributed by atoms with Crippen LogP contribution in [0.15, 0.2) is 66.9 Å². The summed E-state index contributed by atoms with van der Waals surface area (Å²) in [7, 11) is 0. The molecule has 2 aromatic carbocycles. The van der Waals surface area contributed by atoms with Crippen LogP contribution in [-0.4, -0.2) is 33.6 Å². The highest BCUT2D eigenvalue weighted by atomic mass is 35.5. The van der Waals surface area contributed by atoms with Crippen molar-refractivity contribution < 1.29 is 18.0 Å². The summed E-state index contributed by atoms with van der Waals surface area (Å²) in [5.74, 6) is 0. The standard InChI is InChI=1S/C28H23Cl2F3N4O/c29-21-7-8-24-22(15-21)23-17-36(12-1-2-18-3-5-20(6-4-18)28(31,32)33)13-10-25(23)37(24)27(38)35-16-19-9-11-34-26(30)14-19/h1-9,11,14-15H,10,12-13,16-17H2,(H,35,38). The zero-order valence-corrected chi connectivity index (χ0v) is 21.6. The minimum absolute atomic E-state index is 0.234. The van der Waals surface area contributed by atoms with E-state index in [4.69, 9.17) is 23.2 Å². The third kappa shape index (κ3) is 5.72. The number of carbonyl (C=O) groups excluding carboxylic acids is 1. The maximum absolute atomic E-state index is 13.3. The summed E-state index contributed by atoms with van der Waals surface area (Å²) in [6, 6.07) is 13.9. The Morgan fingerprint density at radius 3 is 2.61 bits per heavy atom. The highest BCUT2D eigenvalue weighted by molar-refractivity contribution is 6.31. The van der Waals surface area contributed by atoms with Crippen LogP contribution in [0.4, 0.5) is 18.0 Å². The minimum Gasteiger partial charge on any atom is -0.333 e. The highest BCUT2D eigenvalue weighted by Gasteiger charge is 2.30. The number of nitrogens with zero attached hydrogens (tertiary/aromatic N) is 3. The van der Waals surface area contributed by atoms with Crippen LogP contribution in [0.3, 0.4) is 0 Å². The lowest BCUT2D eigenvalue weighted by molar-refractivity contribution is -0.137. The summed E-state index contributed by atoms with van der Waals surface area (Å²) in [4.78, 5) is 19.5. The molecule has 1 N–H and O–H groups in total. The molecule has 0 bridgehead atoms. The third-order valence-corrected chi connectivity index (χ3v) is 6.98. The SMILES string of the molecule is O=C(NCc1ccnc(Cl)c1)n1c2c(c3cc(Cl)ccc31)CN(CC=Cc1ccc(C(F)(F)F)cc1)CC2. The molecule has 1 amide bonds. The molecule has 5 nitrogen and oxygen atoms in total. The van der Waals surface area contributed by atoms with Gasteiger partial charge in [-0.3, -0.25) is 9.47 Å². The summed E-state index contributed by atoms with van der Waals surface area (Å²) in [6.07, 6.45) is 1.66. The van der Waals surface area contributed by atoms with E-state index in [0.29, 0.717) is 41.8 Å². The number of amides is 1. The molecule has 0 saturated carbocycles. The van der Waals surface area contributed by atoms with E-state index in [-0.39, 0.29) is 6.03 Å². The van der Waals surface area contributed by atoms with Crippen molar-refractivity contribution in [3.8, 4) is 0 Å². The molecule has 0 saturated heterocycles. The number of pyridine rings is 1. The first-order valence-electron chi connectivity index (χ1n) is 12.0. The minimum atomic E-state index is -4.35. The monoisotopic (exact) mass is 558 g/mol. The molecule has 0 aliphatic carbocycles. The quantitative estimate of drug-likeness (QED) is 0.264. The number of fused-ring (bicyclic) bond motifs is 3. The van der Waals surface area contributed by atoms with Gasteiger partial charge in [-0.05, 0) is 59.2 Å². The smallest absolute Gasteiger partial charge is 0.333 e. The van der Waals surface area contributed by atoms with Crippen LogP contribution >= 0.6 is 23.2 Å². The van der Waals surface area contributed by atoms with Gasteiger partial charge in [0, 0.05) is 54.9 Å². The second-order valence-corrected chi connectivity index (χ2v) is 9.90. The molecule has 0 fully saturated rings. The van der Waals surface area contributed by atoms with Crippen LogP contribution in [0.25, 0.3) is 17.0 Å². The van der Waals surface area contributed by atoms with Gasteiger partial charge in [-0.1, -0.05) is 47.5 Å². The normalized spacial score (nSPS) is 14.2. The number of alkyl halides is 3. The van der Waals surface area contributed by atoms with E-state index < -0.39 is 11.7 Å². The third-order valence-electron chi connectivity index (χ3n) is 6.54. The van der Waals surface area contributed by atoms with Crippen LogP contribution in [0.5, 0.6) is 0 Å². The lowest BCUT2D eigenvalue weighted by atomic mass is 10.0. The zero-order valence-electron chi connectivity index (χ0n) is 20.1. The van der Waals surface area contributed by atoms with Gasteiger partial charge in [0.25, 0.3) is 0 Å². The number of halogens is 5. The fourth-order valence-electron chi connectivity index (χ4n) is 4.70. The highest BCUT2D eigenvalue weighted by Crippen LogP contribution is 2.33. The average Bonchev–Trinajstić information content (AvgIpc) is 3.20. The predicted octanol–water partition coefficient (Wildman–Crippen LogP) is 7.19. The molecule has 196 valence electrons. The topological polar surface area (TPSA) is 50.2 Å². The second kappa shape index (κ2) is 10.8. The number of benzene rings is 2. The van der Waals surface area contributed by atoms with Gasteiger partial charge in [0.1, 0.15) is 5.15 Å². The predicted molar refractivity (Wildman–Crippen MR) is 143 cm³/mol. The van der Waals surface area contributed by atoms with E-state index in [0.717, 1.165) is 46.4 Å². The molecule has 3 heterocycles. The molecule has 0 atom stereocenters. The van der Waals surface area contributed by atoms with E-state index in [1.807, 2.05) is 24.3 Å². The van der Waals surface area contributed by atoms with E-state index in [1.54, 1.807) is 29.0 Å². The molecule has 1 aliphatic rings. The van der Waals surface area contributed by atoms with Crippen molar-refractivity contribution in [2.45, 2.75) is 25.7 Å². The summed E-state index contributed by atoms with van der Waals surface area (Å²) in [5.41, 5.74) is 3.65. The Hall–Kier alpha value is -3.33. The Balaban J connectivity index is 1.33. The maximum Gasteiger partial charge on any atom is 0.416 e. The molecule has 38 heavy (non-hydrogen) atoms. The Bertz CT molecular complexity index is 1510. The van der Waals surface area contributed by atoms with E-state index >= 15 is 0 Å². The Morgan fingerprint density at radius 1 is 1.08 bits per heavy atom. The first-order valence-corrected chi connectivity index (χ1v) is 12.7. The molecular weight excluding hydrogens is 536 g/mol. The van der Waals surface area contributed by atoms with Gasteiger partial charge in [-0.2, -0.15) is 13.2 Å². The molecule has 1 aliphatic heterocycles. The van der Waals surface area contributed by atoms with Gasteiger partial charge in [0.05, 0.1) is 11.1 Å². The van der Waals surface area contributed by atoms with Gasteiger partial charge >= 0.3 is 12.2 Å². The number of nitrogens with one attached hydrogen (secondary N) is 1. The molecule has 10 heteroatoms. The number of hydrogen-bond acceptors (Lipinski definition) is 3. The summed E-state index contributed by atoms with van der Waals surface area (Å²) < 4.78 is 40.1. The molecule has 5 rings (SSSR count).